The van der Waals surface area contributed by atoms with Crippen molar-refractivity contribution in [2.45, 2.75) is 12.1 Å². The van der Waals surface area contributed by atoms with Crippen molar-refractivity contribution in [1.29, 1.82) is 0 Å². The highest BCUT2D eigenvalue weighted by atomic mass is 35.5. The molecule has 106 valence electrons. The number of benzene rings is 1. The molecule has 0 bridgehead atoms. The lowest BCUT2D eigenvalue weighted by atomic mass is 10.3. The summed E-state index contributed by atoms with van der Waals surface area (Å²) in [5.41, 5.74) is 0.754. The molecule has 0 amide bonds. The normalized spacial score (nSPS) is 10.4. The van der Waals surface area contributed by atoms with Crippen molar-refractivity contribution in [1.82, 2.24) is 9.97 Å². The summed E-state index contributed by atoms with van der Waals surface area (Å²) in [7, 11) is 0. The first-order valence-corrected chi connectivity index (χ1v) is 7.99. The predicted octanol–water partition coefficient (Wildman–Crippen LogP) is 4.68. The Bertz CT molecular complexity index is 607. The molecule has 2 N–H and O–H groups in total. The largest absolute Gasteiger partial charge is 0.370 e. The molecule has 0 saturated carbocycles. The van der Waals surface area contributed by atoms with E-state index in [0.29, 0.717) is 21.0 Å². The molecule has 1 aromatic carbocycles. The molecule has 0 aliphatic rings. The number of anilines is 3. The maximum atomic E-state index is 6.14. The van der Waals surface area contributed by atoms with E-state index in [0.717, 1.165) is 18.1 Å². The summed E-state index contributed by atoms with van der Waals surface area (Å²) in [6.07, 6.45) is 1.93. The van der Waals surface area contributed by atoms with Gasteiger partial charge in [-0.1, -0.05) is 35.0 Å². The van der Waals surface area contributed by atoms with Gasteiger partial charge in [-0.05, 0) is 31.4 Å². The molecule has 0 aliphatic carbocycles. The van der Waals surface area contributed by atoms with Crippen molar-refractivity contribution in [3.05, 3.63) is 34.3 Å². The number of thioether (sulfide) groups is 1. The number of nitrogens with one attached hydrogen (secondary N) is 2. The van der Waals surface area contributed by atoms with Crippen molar-refractivity contribution in [2.75, 3.05) is 23.4 Å². The second-order valence-corrected chi connectivity index (χ2v) is 5.52. The second-order valence-electron chi connectivity index (χ2n) is 3.90. The third kappa shape index (κ3) is 3.91. The van der Waals surface area contributed by atoms with Gasteiger partial charge in [-0.3, -0.25) is 0 Å². The maximum Gasteiger partial charge on any atom is 0.191 e. The molecule has 0 radical (unpaired) electrons. The smallest absolute Gasteiger partial charge is 0.191 e. The average Bonchev–Trinajstić information content (AvgIpc) is 2.42. The van der Waals surface area contributed by atoms with Crippen molar-refractivity contribution in [3.63, 3.8) is 0 Å². The van der Waals surface area contributed by atoms with Gasteiger partial charge in [0.05, 0.1) is 10.7 Å². The zero-order valence-corrected chi connectivity index (χ0v) is 13.4. The van der Waals surface area contributed by atoms with Gasteiger partial charge in [0.2, 0.25) is 0 Å². The van der Waals surface area contributed by atoms with Crippen LogP contribution in [0.4, 0.5) is 17.3 Å². The summed E-state index contributed by atoms with van der Waals surface area (Å²) >= 11 is 13.5. The first kappa shape index (κ1) is 15.2. The van der Waals surface area contributed by atoms with Gasteiger partial charge in [0, 0.05) is 17.6 Å². The molecule has 1 aromatic heterocycles. The summed E-state index contributed by atoms with van der Waals surface area (Å²) in [6.45, 7) is 2.82. The minimum atomic E-state index is 0.548. The number of rotatable bonds is 5. The molecule has 0 aliphatic heterocycles. The highest BCUT2D eigenvalue weighted by Gasteiger charge is 2.06. The lowest BCUT2D eigenvalue weighted by molar-refractivity contribution is 0.967. The van der Waals surface area contributed by atoms with Crippen LogP contribution in [0, 0.1) is 0 Å². The fraction of sp³-hybridized carbons (Fsp3) is 0.231. The fourth-order valence-corrected chi connectivity index (χ4v) is 2.42. The van der Waals surface area contributed by atoms with E-state index < -0.39 is 0 Å². The minimum absolute atomic E-state index is 0.548. The summed E-state index contributed by atoms with van der Waals surface area (Å²) in [6, 6.07) is 7.12. The highest BCUT2D eigenvalue weighted by molar-refractivity contribution is 7.98. The molecule has 2 aromatic rings. The first-order chi connectivity index (χ1) is 9.62. The SMILES string of the molecule is CCNc1cc(Nc2ccc(Cl)cc2Cl)nc(SC)n1. The third-order valence-electron chi connectivity index (χ3n) is 2.44. The van der Waals surface area contributed by atoms with Crippen LogP contribution in [0.5, 0.6) is 0 Å². The van der Waals surface area contributed by atoms with Gasteiger partial charge in [0.15, 0.2) is 5.16 Å². The highest BCUT2D eigenvalue weighted by Crippen LogP contribution is 2.28. The third-order valence-corrected chi connectivity index (χ3v) is 3.54. The number of aromatic nitrogens is 2. The van der Waals surface area contributed by atoms with E-state index in [1.807, 2.05) is 25.3 Å². The zero-order valence-electron chi connectivity index (χ0n) is 11.1. The Balaban J connectivity index is 2.29. The summed E-state index contributed by atoms with van der Waals surface area (Å²) < 4.78 is 0. The van der Waals surface area contributed by atoms with Gasteiger partial charge >= 0.3 is 0 Å². The molecule has 20 heavy (non-hydrogen) atoms. The van der Waals surface area contributed by atoms with Gasteiger partial charge in [-0.25, -0.2) is 9.97 Å². The van der Waals surface area contributed by atoms with Crippen LogP contribution in [-0.4, -0.2) is 22.8 Å². The monoisotopic (exact) mass is 328 g/mol. The van der Waals surface area contributed by atoms with E-state index >= 15 is 0 Å². The van der Waals surface area contributed by atoms with Crippen LogP contribution in [0.15, 0.2) is 29.4 Å². The summed E-state index contributed by atoms with van der Waals surface area (Å²) in [4.78, 5) is 8.77. The van der Waals surface area contributed by atoms with E-state index in [4.69, 9.17) is 23.2 Å². The standard InChI is InChI=1S/C13H14Cl2N4S/c1-3-16-11-7-12(19-13(18-11)20-2)17-10-5-4-8(14)6-9(10)15/h4-7H,3H2,1-2H3,(H2,16,17,18,19). The minimum Gasteiger partial charge on any atom is -0.370 e. The number of hydrogen-bond acceptors (Lipinski definition) is 5. The van der Waals surface area contributed by atoms with E-state index in [2.05, 4.69) is 20.6 Å². The van der Waals surface area contributed by atoms with E-state index in [-0.39, 0.29) is 0 Å². The van der Waals surface area contributed by atoms with Crippen molar-refractivity contribution >= 4 is 52.3 Å². The summed E-state index contributed by atoms with van der Waals surface area (Å²) in [5.74, 6) is 1.46. The van der Waals surface area contributed by atoms with Crippen molar-refractivity contribution in [3.8, 4) is 0 Å². The van der Waals surface area contributed by atoms with Crippen molar-refractivity contribution in [2.24, 2.45) is 0 Å². The molecular weight excluding hydrogens is 315 g/mol. The molecule has 0 spiro atoms. The topological polar surface area (TPSA) is 49.8 Å². The second kappa shape index (κ2) is 7.02. The van der Waals surface area contributed by atoms with E-state index in [1.165, 1.54) is 11.8 Å². The van der Waals surface area contributed by atoms with Crippen molar-refractivity contribution < 1.29 is 0 Å². The van der Waals surface area contributed by atoms with E-state index in [1.54, 1.807) is 12.1 Å². The Morgan fingerprint density at radius 3 is 2.55 bits per heavy atom. The summed E-state index contributed by atoms with van der Waals surface area (Å²) in [5, 5.41) is 8.19. The lowest BCUT2D eigenvalue weighted by Gasteiger charge is -2.11. The van der Waals surface area contributed by atoms with Crippen LogP contribution in [0.3, 0.4) is 0 Å². The molecule has 0 unspecified atom stereocenters. The molecule has 4 nitrogen and oxygen atoms in total. The molecule has 0 saturated heterocycles. The number of halogens is 2. The van der Waals surface area contributed by atoms with Gasteiger partial charge < -0.3 is 10.6 Å². The van der Waals surface area contributed by atoms with Gasteiger partial charge in [-0.15, -0.1) is 0 Å². The number of nitrogens with zero attached hydrogens (tertiary/aromatic N) is 2. The first-order valence-electron chi connectivity index (χ1n) is 6.01. The Hall–Kier alpha value is -1.17. The molecule has 2 rings (SSSR count). The zero-order chi connectivity index (χ0) is 14.5. The van der Waals surface area contributed by atoms with Crippen LogP contribution < -0.4 is 10.6 Å². The molecule has 7 heteroatoms. The number of hydrogen-bond donors (Lipinski definition) is 2. The maximum absolute atomic E-state index is 6.14. The Kier molecular flexibility index (Phi) is 5.34. The fourth-order valence-electron chi connectivity index (χ4n) is 1.58. The van der Waals surface area contributed by atoms with Gasteiger partial charge in [0.1, 0.15) is 11.6 Å². The van der Waals surface area contributed by atoms with Crippen LogP contribution in [0.25, 0.3) is 0 Å². The molecular formula is C13H14Cl2N4S. The Labute approximate surface area is 132 Å². The molecule has 1 heterocycles. The van der Waals surface area contributed by atoms with Crippen LogP contribution in [-0.2, 0) is 0 Å². The predicted molar refractivity (Wildman–Crippen MR) is 87.7 cm³/mol. The Morgan fingerprint density at radius 2 is 1.90 bits per heavy atom. The average molecular weight is 329 g/mol. The quantitative estimate of drug-likeness (QED) is 0.616. The Morgan fingerprint density at radius 1 is 1.15 bits per heavy atom. The van der Waals surface area contributed by atoms with Crippen LogP contribution in [0.2, 0.25) is 10.0 Å². The molecule has 0 atom stereocenters. The van der Waals surface area contributed by atoms with Gasteiger partial charge in [-0.2, -0.15) is 0 Å². The lowest BCUT2D eigenvalue weighted by Crippen LogP contribution is -2.03. The molecule has 0 fully saturated rings. The van der Waals surface area contributed by atoms with Crippen LogP contribution >= 0.6 is 35.0 Å². The van der Waals surface area contributed by atoms with Gasteiger partial charge in [0.25, 0.3) is 0 Å². The van der Waals surface area contributed by atoms with Crippen LogP contribution in [0.1, 0.15) is 6.92 Å². The van der Waals surface area contributed by atoms with E-state index in [9.17, 15) is 0 Å².